The quantitative estimate of drug-likeness (QED) is 0.839. The highest BCUT2D eigenvalue weighted by Gasteiger charge is 2.20. The Morgan fingerprint density at radius 1 is 1.25 bits per heavy atom. The molecule has 2 aromatic rings. The highest BCUT2D eigenvalue weighted by Crippen LogP contribution is 2.20. The number of rotatable bonds is 7. The molecule has 1 aliphatic rings. The Morgan fingerprint density at radius 2 is 2.12 bits per heavy atom. The lowest BCUT2D eigenvalue weighted by Gasteiger charge is -2.32. The molecule has 0 radical (unpaired) electrons. The highest BCUT2D eigenvalue weighted by molar-refractivity contribution is 7.09. The fourth-order valence-electron chi connectivity index (χ4n) is 3.06. The molecule has 1 aromatic carbocycles. The van der Waals surface area contributed by atoms with E-state index in [1.165, 1.54) is 17.7 Å². The summed E-state index contributed by atoms with van der Waals surface area (Å²) in [6, 6.07) is 13.7. The lowest BCUT2D eigenvalue weighted by atomic mass is 9.98. The van der Waals surface area contributed by atoms with Gasteiger partial charge in [0.2, 0.25) is 0 Å². The predicted molar refractivity (Wildman–Crippen MR) is 97.3 cm³/mol. The van der Waals surface area contributed by atoms with Crippen LogP contribution in [-0.4, -0.2) is 37.0 Å². The van der Waals surface area contributed by atoms with Gasteiger partial charge in [-0.2, -0.15) is 0 Å². The van der Waals surface area contributed by atoms with Gasteiger partial charge >= 0.3 is 0 Å². The molecule has 0 unspecified atom stereocenters. The first-order valence-electron chi connectivity index (χ1n) is 8.49. The summed E-state index contributed by atoms with van der Waals surface area (Å²) >= 11 is 1.81. The molecule has 2 heterocycles. The van der Waals surface area contributed by atoms with Crippen molar-refractivity contribution in [1.82, 2.24) is 10.2 Å². The first kappa shape index (κ1) is 17.0. The number of hydrogen-bond donors (Lipinski definition) is 1. The van der Waals surface area contributed by atoms with Crippen molar-refractivity contribution in [1.29, 1.82) is 0 Å². The minimum atomic E-state index is -0.0470. The van der Waals surface area contributed by atoms with Crippen molar-refractivity contribution in [2.45, 2.75) is 19.4 Å². The molecule has 1 atom stereocenters. The maximum absolute atomic E-state index is 11.9. The zero-order valence-corrected chi connectivity index (χ0v) is 14.6. The van der Waals surface area contributed by atoms with Crippen molar-refractivity contribution >= 4 is 17.2 Å². The SMILES string of the molecule is O=C(COc1ccccc1)NC[C@@H]1CCCN(Cc2cccs2)C1. The van der Waals surface area contributed by atoms with E-state index in [0.717, 1.165) is 31.9 Å². The monoisotopic (exact) mass is 344 g/mol. The number of benzene rings is 1. The average Bonchev–Trinajstić information content (AvgIpc) is 3.12. The first-order chi connectivity index (χ1) is 11.8. The summed E-state index contributed by atoms with van der Waals surface area (Å²) in [5.74, 6) is 1.21. The third kappa shape index (κ3) is 5.35. The van der Waals surface area contributed by atoms with Crippen molar-refractivity contribution in [2.24, 2.45) is 5.92 Å². The number of carbonyl (C=O) groups is 1. The molecule has 0 saturated carbocycles. The van der Waals surface area contributed by atoms with Crippen LogP contribution in [0.4, 0.5) is 0 Å². The second-order valence-corrected chi connectivity index (χ2v) is 7.26. The van der Waals surface area contributed by atoms with Gasteiger partial charge in [-0.25, -0.2) is 0 Å². The lowest BCUT2D eigenvalue weighted by Crippen LogP contribution is -2.41. The molecule has 1 aliphatic heterocycles. The Balaban J connectivity index is 1.37. The third-order valence-electron chi connectivity index (χ3n) is 4.26. The van der Waals surface area contributed by atoms with Crippen LogP contribution in [0.25, 0.3) is 0 Å². The summed E-state index contributed by atoms with van der Waals surface area (Å²) in [6.45, 7) is 4.05. The number of nitrogens with zero attached hydrogens (tertiary/aromatic N) is 1. The largest absolute Gasteiger partial charge is 0.484 e. The van der Waals surface area contributed by atoms with E-state index in [0.29, 0.717) is 5.92 Å². The molecular formula is C19H24N2O2S. The maximum atomic E-state index is 11.9. The van der Waals surface area contributed by atoms with Gasteiger partial charge in [-0.1, -0.05) is 24.3 Å². The van der Waals surface area contributed by atoms with Crippen LogP contribution in [0.5, 0.6) is 5.75 Å². The van der Waals surface area contributed by atoms with E-state index in [2.05, 4.69) is 27.7 Å². The molecule has 5 heteroatoms. The van der Waals surface area contributed by atoms with E-state index in [4.69, 9.17) is 4.74 Å². The van der Waals surface area contributed by atoms with Gasteiger partial charge in [-0.05, 0) is 48.9 Å². The van der Waals surface area contributed by atoms with Crippen LogP contribution in [0.1, 0.15) is 17.7 Å². The van der Waals surface area contributed by atoms with Gasteiger partial charge < -0.3 is 10.1 Å². The molecular weight excluding hydrogens is 320 g/mol. The molecule has 1 N–H and O–H groups in total. The molecule has 1 saturated heterocycles. The van der Waals surface area contributed by atoms with Crippen molar-refractivity contribution in [3.05, 3.63) is 52.7 Å². The van der Waals surface area contributed by atoms with Crippen LogP contribution in [0, 0.1) is 5.92 Å². The van der Waals surface area contributed by atoms with Crippen LogP contribution in [-0.2, 0) is 11.3 Å². The summed E-state index contributed by atoms with van der Waals surface area (Å²) in [5, 5.41) is 5.14. The first-order valence-corrected chi connectivity index (χ1v) is 9.37. The minimum Gasteiger partial charge on any atom is -0.484 e. The Kier molecular flexibility index (Phi) is 6.26. The van der Waals surface area contributed by atoms with Gasteiger partial charge in [0.25, 0.3) is 5.91 Å². The van der Waals surface area contributed by atoms with E-state index in [-0.39, 0.29) is 12.5 Å². The molecule has 0 spiro atoms. The third-order valence-corrected chi connectivity index (χ3v) is 5.12. The van der Waals surface area contributed by atoms with E-state index < -0.39 is 0 Å². The molecule has 1 fully saturated rings. The highest BCUT2D eigenvalue weighted by atomic mass is 32.1. The Hall–Kier alpha value is -1.85. The number of carbonyl (C=O) groups excluding carboxylic acids is 1. The van der Waals surface area contributed by atoms with Crippen LogP contribution < -0.4 is 10.1 Å². The summed E-state index contributed by atoms with van der Waals surface area (Å²) in [6.07, 6.45) is 2.38. The fraction of sp³-hybridized carbons (Fsp3) is 0.421. The topological polar surface area (TPSA) is 41.6 Å². The zero-order valence-electron chi connectivity index (χ0n) is 13.8. The van der Waals surface area contributed by atoms with Gasteiger partial charge in [-0.3, -0.25) is 9.69 Å². The number of para-hydroxylation sites is 1. The molecule has 128 valence electrons. The molecule has 4 nitrogen and oxygen atoms in total. The van der Waals surface area contributed by atoms with Crippen LogP contribution in [0.3, 0.4) is 0 Å². The molecule has 24 heavy (non-hydrogen) atoms. The number of thiophene rings is 1. The smallest absolute Gasteiger partial charge is 0.257 e. The van der Waals surface area contributed by atoms with E-state index in [1.807, 2.05) is 41.7 Å². The van der Waals surface area contributed by atoms with Gasteiger partial charge in [0.05, 0.1) is 0 Å². The van der Waals surface area contributed by atoms with Crippen LogP contribution in [0.15, 0.2) is 47.8 Å². The maximum Gasteiger partial charge on any atom is 0.257 e. The summed E-state index contributed by atoms with van der Waals surface area (Å²) in [7, 11) is 0. The number of amides is 1. The number of piperidine rings is 1. The Morgan fingerprint density at radius 3 is 2.92 bits per heavy atom. The Bertz CT molecular complexity index is 616. The van der Waals surface area contributed by atoms with Gasteiger partial charge in [-0.15, -0.1) is 11.3 Å². The number of nitrogens with one attached hydrogen (secondary N) is 1. The number of likely N-dealkylation sites (tertiary alicyclic amines) is 1. The van der Waals surface area contributed by atoms with Crippen molar-refractivity contribution in [2.75, 3.05) is 26.2 Å². The van der Waals surface area contributed by atoms with Crippen LogP contribution >= 0.6 is 11.3 Å². The molecule has 1 aromatic heterocycles. The van der Waals surface area contributed by atoms with Gasteiger partial charge in [0.15, 0.2) is 6.61 Å². The summed E-state index contributed by atoms with van der Waals surface area (Å²) < 4.78 is 5.48. The molecule has 0 bridgehead atoms. The van der Waals surface area contributed by atoms with E-state index in [9.17, 15) is 4.79 Å². The normalized spacial score (nSPS) is 18.2. The lowest BCUT2D eigenvalue weighted by molar-refractivity contribution is -0.123. The predicted octanol–water partition coefficient (Wildman–Crippen LogP) is 3.16. The van der Waals surface area contributed by atoms with Gasteiger partial charge in [0.1, 0.15) is 5.75 Å². The number of ether oxygens (including phenoxy) is 1. The molecule has 0 aliphatic carbocycles. The summed E-state index contributed by atoms with van der Waals surface area (Å²) in [4.78, 5) is 15.9. The minimum absolute atomic E-state index is 0.0470. The van der Waals surface area contributed by atoms with Crippen molar-refractivity contribution in [3.63, 3.8) is 0 Å². The van der Waals surface area contributed by atoms with E-state index in [1.54, 1.807) is 0 Å². The second-order valence-electron chi connectivity index (χ2n) is 6.23. The van der Waals surface area contributed by atoms with E-state index >= 15 is 0 Å². The van der Waals surface area contributed by atoms with Crippen LogP contribution in [0.2, 0.25) is 0 Å². The Labute approximate surface area is 147 Å². The number of hydrogen-bond acceptors (Lipinski definition) is 4. The van der Waals surface area contributed by atoms with Crippen molar-refractivity contribution < 1.29 is 9.53 Å². The standard InChI is InChI=1S/C19H24N2O2S/c22-19(15-23-17-7-2-1-3-8-17)20-12-16-6-4-10-21(13-16)14-18-9-5-11-24-18/h1-3,5,7-9,11,16H,4,6,10,12-15H2,(H,20,22)/t16-/m0/s1. The zero-order chi connectivity index (χ0) is 16.6. The van der Waals surface area contributed by atoms with Gasteiger partial charge in [0, 0.05) is 24.5 Å². The average molecular weight is 344 g/mol. The fourth-order valence-corrected chi connectivity index (χ4v) is 3.81. The molecule has 3 rings (SSSR count). The molecule has 1 amide bonds. The second kappa shape index (κ2) is 8.85. The van der Waals surface area contributed by atoms with Crippen molar-refractivity contribution in [3.8, 4) is 5.75 Å². The summed E-state index contributed by atoms with van der Waals surface area (Å²) in [5.41, 5.74) is 0.